The first-order chi connectivity index (χ1) is 13.1. The van der Waals surface area contributed by atoms with Crippen LogP contribution in [0, 0.1) is 0 Å². The van der Waals surface area contributed by atoms with Crippen LogP contribution < -0.4 is 5.32 Å². The van der Waals surface area contributed by atoms with Crippen LogP contribution in [-0.4, -0.2) is 17.8 Å². The number of nitrogens with one attached hydrogen (secondary N) is 1. The molecule has 1 N–H and O–H groups in total. The predicted molar refractivity (Wildman–Crippen MR) is 110 cm³/mol. The van der Waals surface area contributed by atoms with Gasteiger partial charge in [0.2, 0.25) is 0 Å². The van der Waals surface area contributed by atoms with E-state index in [0.29, 0.717) is 0 Å². The zero-order chi connectivity index (χ0) is 18.9. The number of hydrogen-bond acceptors (Lipinski definition) is 3. The molecular formula is C21H18N2O2S2. The Labute approximate surface area is 164 Å². The quantitative estimate of drug-likeness (QED) is 0.679. The molecule has 1 fully saturated rings. The SMILES string of the molecule is O=S(=O)(c1ccccc1)N1C(=S)N[C@H](c2ccccc2)[C@@H]1c1ccccc1. The number of sulfonamides is 1. The lowest BCUT2D eigenvalue weighted by atomic mass is 9.95. The van der Waals surface area contributed by atoms with Gasteiger partial charge in [-0.05, 0) is 35.5 Å². The fraction of sp³-hybridized carbons (Fsp3) is 0.0952. The van der Waals surface area contributed by atoms with E-state index in [0.717, 1.165) is 11.1 Å². The third-order valence-electron chi connectivity index (χ3n) is 4.65. The molecule has 3 aromatic rings. The van der Waals surface area contributed by atoms with Crippen LogP contribution in [0.15, 0.2) is 95.9 Å². The Hall–Kier alpha value is -2.70. The molecule has 0 unspecified atom stereocenters. The van der Waals surface area contributed by atoms with Gasteiger partial charge in [-0.25, -0.2) is 12.7 Å². The predicted octanol–water partition coefficient (Wildman–Crippen LogP) is 4.05. The summed E-state index contributed by atoms with van der Waals surface area (Å²) in [6.07, 6.45) is 0. The zero-order valence-electron chi connectivity index (χ0n) is 14.4. The topological polar surface area (TPSA) is 49.4 Å². The van der Waals surface area contributed by atoms with Crippen LogP contribution in [0.25, 0.3) is 0 Å². The highest BCUT2D eigenvalue weighted by molar-refractivity contribution is 7.91. The highest BCUT2D eigenvalue weighted by Crippen LogP contribution is 2.42. The van der Waals surface area contributed by atoms with E-state index in [4.69, 9.17) is 12.2 Å². The Morgan fingerprint density at radius 2 is 1.22 bits per heavy atom. The Morgan fingerprint density at radius 3 is 1.78 bits per heavy atom. The Balaban J connectivity index is 1.86. The maximum absolute atomic E-state index is 13.4. The second-order valence-corrected chi connectivity index (χ2v) is 8.51. The molecule has 3 aromatic carbocycles. The van der Waals surface area contributed by atoms with E-state index in [1.54, 1.807) is 30.3 Å². The summed E-state index contributed by atoms with van der Waals surface area (Å²) in [6.45, 7) is 0. The Kier molecular flexibility index (Phi) is 4.68. The molecular weight excluding hydrogens is 376 g/mol. The molecule has 0 aliphatic carbocycles. The van der Waals surface area contributed by atoms with Crippen LogP contribution >= 0.6 is 12.2 Å². The van der Waals surface area contributed by atoms with Gasteiger partial charge >= 0.3 is 0 Å². The van der Waals surface area contributed by atoms with Crippen molar-refractivity contribution in [2.75, 3.05) is 0 Å². The fourth-order valence-corrected chi connectivity index (χ4v) is 5.48. The number of hydrogen-bond donors (Lipinski definition) is 1. The lowest BCUT2D eigenvalue weighted by Gasteiger charge is -2.27. The summed E-state index contributed by atoms with van der Waals surface area (Å²) in [5, 5.41) is 3.43. The molecule has 1 heterocycles. The van der Waals surface area contributed by atoms with E-state index in [1.807, 2.05) is 60.7 Å². The molecule has 1 aliphatic heterocycles. The van der Waals surface area contributed by atoms with Gasteiger partial charge in [-0.3, -0.25) is 0 Å². The molecule has 0 spiro atoms. The highest BCUT2D eigenvalue weighted by atomic mass is 32.2. The van der Waals surface area contributed by atoms with E-state index < -0.39 is 16.1 Å². The standard InChI is InChI=1S/C21H18N2O2S2/c24-27(25,18-14-8-3-9-15-18)23-20(17-12-6-2-7-13-17)19(22-21(23)26)16-10-4-1-5-11-16/h1-15,19-20H,(H,22,26)/t19-,20+/m1/s1. The van der Waals surface area contributed by atoms with E-state index >= 15 is 0 Å². The summed E-state index contributed by atoms with van der Waals surface area (Å²) in [5.41, 5.74) is 1.87. The molecule has 0 aromatic heterocycles. The maximum Gasteiger partial charge on any atom is 0.266 e. The van der Waals surface area contributed by atoms with Gasteiger partial charge in [0.15, 0.2) is 5.11 Å². The summed E-state index contributed by atoms with van der Waals surface area (Å²) in [5.74, 6) is 0. The first-order valence-electron chi connectivity index (χ1n) is 8.59. The van der Waals surface area contributed by atoms with Crippen LogP contribution in [0.2, 0.25) is 0 Å². The van der Waals surface area contributed by atoms with Crippen LogP contribution in [0.4, 0.5) is 0 Å². The number of rotatable bonds is 4. The van der Waals surface area contributed by atoms with Crippen molar-refractivity contribution in [1.29, 1.82) is 0 Å². The smallest absolute Gasteiger partial charge is 0.266 e. The lowest BCUT2D eigenvalue weighted by Crippen LogP contribution is -2.35. The molecule has 0 saturated carbocycles. The summed E-state index contributed by atoms with van der Waals surface area (Å²) < 4.78 is 28.1. The van der Waals surface area contributed by atoms with Crippen molar-refractivity contribution in [1.82, 2.24) is 9.62 Å². The minimum absolute atomic E-state index is 0.210. The Morgan fingerprint density at radius 1 is 0.741 bits per heavy atom. The number of benzene rings is 3. The molecule has 27 heavy (non-hydrogen) atoms. The van der Waals surface area contributed by atoms with Crippen molar-refractivity contribution in [2.45, 2.75) is 17.0 Å². The van der Waals surface area contributed by atoms with Gasteiger partial charge in [-0.1, -0.05) is 78.9 Å². The van der Waals surface area contributed by atoms with Gasteiger partial charge in [0.25, 0.3) is 10.0 Å². The average molecular weight is 395 g/mol. The minimum Gasteiger partial charge on any atom is -0.352 e. The Bertz CT molecular complexity index is 1040. The van der Waals surface area contributed by atoms with Crippen molar-refractivity contribution in [3.8, 4) is 0 Å². The molecule has 136 valence electrons. The van der Waals surface area contributed by atoms with E-state index in [1.165, 1.54) is 4.31 Å². The van der Waals surface area contributed by atoms with Crippen molar-refractivity contribution in [2.24, 2.45) is 0 Å². The summed E-state index contributed by atoms with van der Waals surface area (Å²) >= 11 is 5.48. The number of thiocarbonyl (C=S) groups is 1. The minimum atomic E-state index is -3.80. The molecule has 0 amide bonds. The second kappa shape index (κ2) is 7.13. The summed E-state index contributed by atoms with van der Waals surface area (Å²) in [4.78, 5) is 0.226. The van der Waals surface area contributed by atoms with Crippen molar-refractivity contribution < 1.29 is 8.42 Å². The van der Waals surface area contributed by atoms with E-state index in [2.05, 4.69) is 5.32 Å². The van der Waals surface area contributed by atoms with E-state index in [-0.39, 0.29) is 16.0 Å². The average Bonchev–Trinajstić information content (AvgIpc) is 3.08. The van der Waals surface area contributed by atoms with Gasteiger partial charge in [0.1, 0.15) is 0 Å². The first-order valence-corrected chi connectivity index (χ1v) is 10.4. The third kappa shape index (κ3) is 3.22. The molecule has 4 nitrogen and oxygen atoms in total. The first kappa shape index (κ1) is 17.7. The van der Waals surface area contributed by atoms with Crippen LogP contribution in [-0.2, 0) is 10.0 Å². The van der Waals surface area contributed by atoms with Gasteiger partial charge in [-0.15, -0.1) is 0 Å². The van der Waals surface area contributed by atoms with Crippen LogP contribution in [0.3, 0.4) is 0 Å². The molecule has 1 saturated heterocycles. The highest BCUT2D eigenvalue weighted by Gasteiger charge is 2.45. The third-order valence-corrected chi connectivity index (χ3v) is 6.87. The summed E-state index contributed by atoms with van der Waals surface area (Å²) in [7, 11) is -3.80. The summed E-state index contributed by atoms with van der Waals surface area (Å²) in [6, 6.07) is 27.1. The molecule has 1 aliphatic rings. The normalized spacial score (nSPS) is 19.7. The van der Waals surface area contributed by atoms with Crippen molar-refractivity contribution >= 4 is 27.4 Å². The largest absolute Gasteiger partial charge is 0.352 e. The van der Waals surface area contributed by atoms with Crippen molar-refractivity contribution in [3.63, 3.8) is 0 Å². The van der Waals surface area contributed by atoms with Crippen LogP contribution in [0.5, 0.6) is 0 Å². The molecule has 6 heteroatoms. The zero-order valence-corrected chi connectivity index (χ0v) is 16.0. The molecule has 2 atom stereocenters. The molecule has 0 radical (unpaired) electrons. The molecule has 0 bridgehead atoms. The van der Waals surface area contributed by atoms with E-state index in [9.17, 15) is 8.42 Å². The maximum atomic E-state index is 13.4. The lowest BCUT2D eigenvalue weighted by molar-refractivity contribution is 0.424. The number of nitrogens with zero attached hydrogens (tertiary/aromatic N) is 1. The fourth-order valence-electron chi connectivity index (χ4n) is 3.41. The van der Waals surface area contributed by atoms with Gasteiger partial charge in [-0.2, -0.15) is 0 Å². The van der Waals surface area contributed by atoms with Gasteiger partial charge in [0, 0.05) is 0 Å². The van der Waals surface area contributed by atoms with Crippen LogP contribution in [0.1, 0.15) is 23.2 Å². The van der Waals surface area contributed by atoms with Crippen molar-refractivity contribution in [3.05, 3.63) is 102 Å². The van der Waals surface area contributed by atoms with Gasteiger partial charge in [0.05, 0.1) is 17.0 Å². The second-order valence-electron chi connectivity index (χ2n) is 6.31. The monoisotopic (exact) mass is 394 g/mol. The van der Waals surface area contributed by atoms with Gasteiger partial charge < -0.3 is 5.32 Å². The molecule has 4 rings (SSSR count).